The van der Waals surface area contributed by atoms with Crippen LogP contribution in [0.25, 0.3) is 0 Å². The molecule has 1 fully saturated rings. The zero-order chi connectivity index (χ0) is 13.7. The van der Waals surface area contributed by atoms with E-state index in [4.69, 9.17) is 22.4 Å². The first-order valence-corrected chi connectivity index (χ1v) is 7.87. The van der Waals surface area contributed by atoms with E-state index in [9.17, 15) is 0 Å². The van der Waals surface area contributed by atoms with Gasteiger partial charge in [0.2, 0.25) is 0 Å². The Morgan fingerprint density at radius 2 is 1.89 bits per heavy atom. The number of hydrogen-bond acceptors (Lipinski definition) is 2. The van der Waals surface area contributed by atoms with E-state index in [0.717, 1.165) is 28.7 Å². The molecule has 5 heteroatoms. The third-order valence-electron chi connectivity index (χ3n) is 3.41. The molecular weight excluding hydrogens is 326 g/mol. The van der Waals surface area contributed by atoms with Crippen LogP contribution in [0.1, 0.15) is 44.1 Å². The lowest BCUT2D eigenvalue weighted by molar-refractivity contribution is 0.583. The molecule has 1 aromatic rings. The van der Waals surface area contributed by atoms with Crippen molar-refractivity contribution in [2.75, 3.05) is 0 Å². The lowest BCUT2D eigenvalue weighted by Crippen LogP contribution is -2.32. The lowest BCUT2D eigenvalue weighted by atomic mass is 10.1. The Morgan fingerprint density at radius 3 is 2.47 bits per heavy atom. The molecule has 3 nitrogen and oxygen atoms in total. The second-order valence-electron chi connectivity index (χ2n) is 4.93. The number of halogens is 2. The van der Waals surface area contributed by atoms with Crippen LogP contribution < -0.4 is 11.3 Å². The van der Waals surface area contributed by atoms with E-state index in [1.54, 1.807) is 0 Å². The molecule has 0 amide bonds. The molecule has 3 N–H and O–H groups in total. The molecule has 0 heterocycles. The molecule has 0 atom stereocenters. The van der Waals surface area contributed by atoms with Crippen LogP contribution >= 0.6 is 27.5 Å². The van der Waals surface area contributed by atoms with Crippen molar-refractivity contribution in [2.45, 2.75) is 44.6 Å². The topological polar surface area (TPSA) is 50.4 Å². The number of amidine groups is 1. The quantitative estimate of drug-likeness (QED) is 0.280. The van der Waals surface area contributed by atoms with Crippen molar-refractivity contribution < 1.29 is 0 Å². The van der Waals surface area contributed by atoms with Crippen LogP contribution in [0.4, 0.5) is 0 Å². The minimum absolute atomic E-state index is 0.367. The first-order chi connectivity index (χ1) is 9.19. The molecule has 0 bridgehead atoms. The number of aliphatic imine (C=N–C) groups is 1. The van der Waals surface area contributed by atoms with E-state index in [1.807, 2.05) is 18.2 Å². The van der Waals surface area contributed by atoms with Crippen LogP contribution in [0.5, 0.6) is 0 Å². The maximum atomic E-state index is 6.07. The zero-order valence-electron chi connectivity index (χ0n) is 10.8. The maximum absolute atomic E-state index is 6.07. The van der Waals surface area contributed by atoms with Crippen LogP contribution in [-0.4, -0.2) is 11.9 Å². The molecule has 104 valence electrons. The number of nitrogens with zero attached hydrogens (tertiary/aromatic N) is 1. The predicted octanol–water partition coefficient (Wildman–Crippen LogP) is 4.04. The van der Waals surface area contributed by atoms with Gasteiger partial charge in [-0.25, -0.2) is 5.84 Å². The molecule has 0 saturated heterocycles. The highest BCUT2D eigenvalue weighted by atomic mass is 79.9. The van der Waals surface area contributed by atoms with Gasteiger partial charge >= 0.3 is 0 Å². The monoisotopic (exact) mass is 343 g/mol. The van der Waals surface area contributed by atoms with Crippen LogP contribution in [0.3, 0.4) is 0 Å². The van der Waals surface area contributed by atoms with Crippen LogP contribution in [0.2, 0.25) is 5.02 Å². The summed E-state index contributed by atoms with van der Waals surface area (Å²) in [6.07, 6.45) is 7.44. The third-order valence-corrected chi connectivity index (χ3v) is 4.09. The second-order valence-corrected chi connectivity index (χ2v) is 6.28. The summed E-state index contributed by atoms with van der Waals surface area (Å²) in [5, 5.41) is 0.674. The predicted molar refractivity (Wildman–Crippen MR) is 84.5 cm³/mol. The molecule has 0 aromatic heterocycles. The van der Waals surface area contributed by atoms with Crippen molar-refractivity contribution in [3.63, 3.8) is 0 Å². The summed E-state index contributed by atoms with van der Waals surface area (Å²) >= 11 is 9.51. The Hall–Kier alpha value is -0.580. The molecule has 0 aliphatic heterocycles. The third kappa shape index (κ3) is 4.48. The van der Waals surface area contributed by atoms with Gasteiger partial charge in [0, 0.05) is 15.1 Å². The van der Waals surface area contributed by atoms with Crippen LogP contribution in [-0.2, 0) is 0 Å². The molecule has 0 unspecified atom stereocenters. The SMILES string of the molecule is NNC(=NC1CCCCCC1)c1cc(Cl)cc(Br)c1. The van der Waals surface area contributed by atoms with Crippen molar-refractivity contribution in [1.82, 2.24) is 5.43 Å². The fraction of sp³-hybridized carbons (Fsp3) is 0.500. The van der Waals surface area contributed by atoms with Crippen molar-refractivity contribution in [3.05, 3.63) is 33.3 Å². The molecule has 19 heavy (non-hydrogen) atoms. The Morgan fingerprint density at radius 1 is 1.21 bits per heavy atom. The van der Waals surface area contributed by atoms with E-state index in [0.29, 0.717) is 11.1 Å². The summed E-state index contributed by atoms with van der Waals surface area (Å²) in [4.78, 5) is 4.77. The van der Waals surface area contributed by atoms with Gasteiger partial charge in [-0.05, 0) is 31.0 Å². The molecule has 2 rings (SSSR count). The fourth-order valence-corrected chi connectivity index (χ4v) is 3.32. The number of benzene rings is 1. The average molecular weight is 345 g/mol. The van der Waals surface area contributed by atoms with Gasteiger partial charge in [0.05, 0.1) is 6.04 Å². The van der Waals surface area contributed by atoms with Crippen LogP contribution in [0, 0.1) is 0 Å². The Kier molecular flexibility index (Phi) is 5.67. The van der Waals surface area contributed by atoms with Crippen molar-refractivity contribution in [2.24, 2.45) is 10.8 Å². The van der Waals surface area contributed by atoms with Gasteiger partial charge in [-0.1, -0.05) is 53.2 Å². The smallest absolute Gasteiger partial charge is 0.142 e. The Bertz CT molecular complexity index is 434. The highest BCUT2D eigenvalue weighted by Gasteiger charge is 2.13. The highest BCUT2D eigenvalue weighted by Crippen LogP contribution is 2.22. The van der Waals surface area contributed by atoms with Crippen molar-refractivity contribution in [3.8, 4) is 0 Å². The number of hydrogen-bond donors (Lipinski definition) is 2. The Balaban J connectivity index is 2.22. The molecule has 1 aliphatic carbocycles. The fourth-order valence-electron chi connectivity index (χ4n) is 2.46. The summed E-state index contributed by atoms with van der Waals surface area (Å²) < 4.78 is 0.929. The van der Waals surface area contributed by atoms with Crippen LogP contribution in [0.15, 0.2) is 27.7 Å². The van der Waals surface area contributed by atoms with E-state index in [1.165, 1.54) is 25.7 Å². The maximum Gasteiger partial charge on any atom is 0.142 e. The summed E-state index contributed by atoms with van der Waals surface area (Å²) in [7, 11) is 0. The normalized spacial score (nSPS) is 18.2. The standard InChI is InChI=1S/C14H19BrClN3/c15-11-7-10(8-12(16)9-11)14(19-17)18-13-5-3-1-2-4-6-13/h7-9,13H,1-6,17H2,(H,18,19). The van der Waals surface area contributed by atoms with Gasteiger partial charge < -0.3 is 5.43 Å². The summed E-state index contributed by atoms with van der Waals surface area (Å²) in [6, 6.07) is 6.07. The minimum Gasteiger partial charge on any atom is -0.308 e. The number of hydrazine groups is 1. The molecule has 1 aromatic carbocycles. The summed E-state index contributed by atoms with van der Waals surface area (Å²) in [5.41, 5.74) is 3.63. The minimum atomic E-state index is 0.367. The van der Waals surface area contributed by atoms with Crippen molar-refractivity contribution in [1.29, 1.82) is 0 Å². The summed E-state index contributed by atoms with van der Waals surface area (Å²) in [6.45, 7) is 0. The Labute approximate surface area is 127 Å². The summed E-state index contributed by atoms with van der Waals surface area (Å²) in [5.74, 6) is 6.34. The van der Waals surface area contributed by atoms with Gasteiger partial charge in [0.15, 0.2) is 0 Å². The largest absolute Gasteiger partial charge is 0.308 e. The number of nitrogens with two attached hydrogens (primary N) is 1. The molecule has 0 spiro atoms. The van der Waals surface area contributed by atoms with Gasteiger partial charge in [-0.2, -0.15) is 0 Å². The molecule has 0 radical (unpaired) electrons. The average Bonchev–Trinajstić information content (AvgIpc) is 2.63. The number of nitrogens with one attached hydrogen (secondary N) is 1. The zero-order valence-corrected chi connectivity index (χ0v) is 13.2. The lowest BCUT2D eigenvalue weighted by Gasteiger charge is -2.13. The molecule has 1 saturated carbocycles. The van der Waals surface area contributed by atoms with E-state index in [-0.39, 0.29) is 0 Å². The van der Waals surface area contributed by atoms with Crippen molar-refractivity contribution >= 4 is 33.4 Å². The first-order valence-electron chi connectivity index (χ1n) is 6.70. The number of rotatable bonds is 2. The molecule has 1 aliphatic rings. The van der Waals surface area contributed by atoms with E-state index < -0.39 is 0 Å². The first kappa shape index (κ1) is 14.8. The van der Waals surface area contributed by atoms with Gasteiger partial charge in [-0.3, -0.25) is 4.99 Å². The molecular formula is C14H19BrClN3. The van der Waals surface area contributed by atoms with Gasteiger partial charge in [0.25, 0.3) is 0 Å². The van der Waals surface area contributed by atoms with Gasteiger partial charge in [0.1, 0.15) is 5.84 Å². The van der Waals surface area contributed by atoms with Gasteiger partial charge in [-0.15, -0.1) is 0 Å². The van der Waals surface area contributed by atoms with E-state index in [2.05, 4.69) is 21.4 Å². The second kappa shape index (κ2) is 7.27. The highest BCUT2D eigenvalue weighted by molar-refractivity contribution is 9.10. The van der Waals surface area contributed by atoms with E-state index >= 15 is 0 Å².